The molecule has 1 atom stereocenters. The molecule has 1 aromatic heterocycles. The van der Waals surface area contributed by atoms with Gasteiger partial charge in [-0.3, -0.25) is 0 Å². The normalized spacial score (nSPS) is 14.0. The van der Waals surface area contributed by atoms with E-state index in [1.165, 1.54) is 0 Å². The van der Waals surface area contributed by atoms with Crippen LogP contribution in [0.15, 0.2) is 46.1 Å². The number of hydrogen-bond acceptors (Lipinski definition) is 4. The van der Waals surface area contributed by atoms with E-state index in [0.717, 1.165) is 23.4 Å². The van der Waals surface area contributed by atoms with E-state index in [2.05, 4.69) is 15.6 Å². The van der Waals surface area contributed by atoms with Crippen LogP contribution in [0.25, 0.3) is 0 Å². The summed E-state index contributed by atoms with van der Waals surface area (Å²) in [7, 11) is 0. The molecule has 136 valence electrons. The van der Waals surface area contributed by atoms with Crippen LogP contribution in [0.5, 0.6) is 5.75 Å². The predicted molar refractivity (Wildman–Crippen MR) is 104 cm³/mol. The number of hydrogen-bond donors (Lipinski definition) is 3. The minimum atomic E-state index is -0.945. The Balaban J connectivity index is 2.03. The maximum absolute atomic E-state index is 10.6. The highest BCUT2D eigenvalue weighted by molar-refractivity contribution is 7.08. The summed E-state index contributed by atoms with van der Waals surface area (Å²) in [5.41, 5.74) is 0.994. The van der Waals surface area contributed by atoms with Crippen molar-refractivity contribution in [2.75, 3.05) is 19.7 Å². The molecule has 0 aliphatic carbocycles. The lowest BCUT2D eigenvalue weighted by atomic mass is 9.99. The van der Waals surface area contributed by atoms with Gasteiger partial charge in [-0.1, -0.05) is 18.2 Å². The monoisotopic (exact) mass is 361 g/mol. The van der Waals surface area contributed by atoms with Crippen molar-refractivity contribution < 1.29 is 9.84 Å². The molecule has 0 fully saturated rings. The molecular weight excluding hydrogens is 334 g/mol. The summed E-state index contributed by atoms with van der Waals surface area (Å²) >= 11 is 1.58. The molecule has 0 saturated heterocycles. The Kier molecular flexibility index (Phi) is 7.28. The number of para-hydroxylation sites is 1. The quantitative estimate of drug-likeness (QED) is 0.499. The third-order valence-electron chi connectivity index (χ3n) is 3.77. The Morgan fingerprint density at radius 2 is 2.04 bits per heavy atom. The van der Waals surface area contributed by atoms with Gasteiger partial charge in [0.2, 0.25) is 0 Å². The molecular formula is C19H27N3O2S. The summed E-state index contributed by atoms with van der Waals surface area (Å²) in [5.74, 6) is 1.53. The maximum Gasteiger partial charge on any atom is 0.191 e. The molecule has 0 aliphatic rings. The Hall–Kier alpha value is -2.05. The molecule has 25 heavy (non-hydrogen) atoms. The number of aliphatic imine (C=N–C) groups is 1. The van der Waals surface area contributed by atoms with Gasteiger partial charge < -0.3 is 20.5 Å². The number of guanidine groups is 1. The first kappa shape index (κ1) is 19.3. The van der Waals surface area contributed by atoms with Gasteiger partial charge in [0.05, 0.1) is 19.7 Å². The average molecular weight is 362 g/mol. The highest BCUT2D eigenvalue weighted by Gasteiger charge is 2.23. The van der Waals surface area contributed by atoms with Crippen molar-refractivity contribution in [1.82, 2.24) is 10.6 Å². The number of ether oxygens (including phenoxy) is 1. The number of thiophene rings is 1. The number of nitrogens with one attached hydrogen (secondary N) is 2. The van der Waals surface area contributed by atoms with Crippen LogP contribution in [0.3, 0.4) is 0 Å². The molecule has 0 spiro atoms. The summed E-state index contributed by atoms with van der Waals surface area (Å²) in [5, 5.41) is 21.0. The van der Waals surface area contributed by atoms with Crippen LogP contribution in [0.4, 0.5) is 0 Å². The Labute approximate surface area is 153 Å². The van der Waals surface area contributed by atoms with Crippen LogP contribution in [0.1, 0.15) is 31.9 Å². The van der Waals surface area contributed by atoms with Gasteiger partial charge in [0.25, 0.3) is 0 Å². The van der Waals surface area contributed by atoms with Crippen molar-refractivity contribution in [3.63, 3.8) is 0 Å². The smallest absolute Gasteiger partial charge is 0.191 e. The minimum Gasteiger partial charge on any atom is -0.494 e. The number of benzene rings is 1. The maximum atomic E-state index is 10.6. The zero-order valence-electron chi connectivity index (χ0n) is 15.1. The van der Waals surface area contributed by atoms with Crippen LogP contribution < -0.4 is 15.4 Å². The summed E-state index contributed by atoms with van der Waals surface area (Å²) < 4.78 is 5.64. The molecule has 5 nitrogen and oxygen atoms in total. The third-order valence-corrected chi connectivity index (χ3v) is 4.45. The second kappa shape index (κ2) is 9.44. The van der Waals surface area contributed by atoms with Crippen molar-refractivity contribution >= 4 is 17.3 Å². The fourth-order valence-corrected chi connectivity index (χ4v) is 3.15. The van der Waals surface area contributed by atoms with E-state index in [1.54, 1.807) is 18.3 Å². The van der Waals surface area contributed by atoms with Crippen LogP contribution in [-0.2, 0) is 12.1 Å². The first-order valence-corrected chi connectivity index (χ1v) is 9.49. The average Bonchev–Trinajstić information content (AvgIpc) is 3.14. The first-order valence-electron chi connectivity index (χ1n) is 8.54. The summed E-state index contributed by atoms with van der Waals surface area (Å²) in [6.45, 7) is 8.05. The van der Waals surface area contributed by atoms with Gasteiger partial charge in [-0.05, 0) is 49.2 Å². The Morgan fingerprint density at radius 3 is 2.72 bits per heavy atom. The fraction of sp³-hybridized carbons (Fsp3) is 0.421. The summed E-state index contributed by atoms with van der Waals surface area (Å²) in [4.78, 5) is 4.62. The third kappa shape index (κ3) is 5.76. The predicted octanol–water partition coefficient (Wildman–Crippen LogP) is 3.11. The van der Waals surface area contributed by atoms with Crippen LogP contribution in [0, 0.1) is 0 Å². The van der Waals surface area contributed by atoms with Crippen LogP contribution in [-0.4, -0.2) is 30.8 Å². The Morgan fingerprint density at radius 1 is 1.24 bits per heavy atom. The van der Waals surface area contributed by atoms with Crippen molar-refractivity contribution in [3.8, 4) is 5.75 Å². The number of nitrogens with zero attached hydrogens (tertiary/aromatic N) is 1. The molecule has 1 aromatic carbocycles. The lowest BCUT2D eigenvalue weighted by Gasteiger charge is -2.24. The largest absolute Gasteiger partial charge is 0.494 e. The first-order chi connectivity index (χ1) is 12.1. The molecule has 1 unspecified atom stereocenters. The van der Waals surface area contributed by atoms with Gasteiger partial charge in [0.1, 0.15) is 11.4 Å². The molecule has 1 heterocycles. The Bertz CT molecular complexity index is 669. The lowest BCUT2D eigenvalue weighted by molar-refractivity contribution is 0.0621. The van der Waals surface area contributed by atoms with Crippen LogP contribution >= 0.6 is 11.3 Å². The van der Waals surface area contributed by atoms with Crippen molar-refractivity contribution in [2.24, 2.45) is 4.99 Å². The molecule has 2 aromatic rings. The van der Waals surface area contributed by atoms with Crippen molar-refractivity contribution in [2.45, 2.75) is 32.9 Å². The number of rotatable bonds is 8. The van der Waals surface area contributed by atoms with E-state index in [-0.39, 0.29) is 0 Å². The molecule has 6 heteroatoms. The highest BCUT2D eigenvalue weighted by atomic mass is 32.1. The SMILES string of the molecule is CCNC(=NCc1ccccc1OCC)NCC(C)(O)c1ccsc1. The summed E-state index contributed by atoms with van der Waals surface area (Å²) in [6.07, 6.45) is 0. The standard InChI is InChI=1S/C19H27N3O2S/c1-4-20-18(22-14-19(3,23)16-10-11-25-13-16)21-12-15-8-6-7-9-17(15)24-5-2/h6-11,13,23H,4-5,12,14H2,1-3H3,(H2,20,21,22). The molecule has 0 bridgehead atoms. The zero-order chi connectivity index (χ0) is 18.1. The molecule has 2 rings (SSSR count). The fourth-order valence-electron chi connectivity index (χ4n) is 2.37. The van der Waals surface area contributed by atoms with Crippen LogP contribution in [0.2, 0.25) is 0 Å². The molecule has 3 N–H and O–H groups in total. The van der Waals surface area contributed by atoms with Crippen molar-refractivity contribution in [3.05, 3.63) is 52.2 Å². The zero-order valence-corrected chi connectivity index (χ0v) is 15.9. The topological polar surface area (TPSA) is 65.9 Å². The minimum absolute atomic E-state index is 0.378. The van der Waals surface area contributed by atoms with Gasteiger partial charge in [0, 0.05) is 12.1 Å². The molecule has 0 saturated carbocycles. The van der Waals surface area contributed by atoms with E-state index < -0.39 is 5.60 Å². The highest BCUT2D eigenvalue weighted by Crippen LogP contribution is 2.22. The van der Waals surface area contributed by atoms with Gasteiger partial charge in [-0.25, -0.2) is 4.99 Å². The molecule has 0 amide bonds. The van der Waals surface area contributed by atoms with Gasteiger partial charge in [-0.15, -0.1) is 0 Å². The van der Waals surface area contributed by atoms with E-state index in [4.69, 9.17) is 4.74 Å². The van der Waals surface area contributed by atoms with Gasteiger partial charge >= 0.3 is 0 Å². The van der Waals surface area contributed by atoms with E-state index in [1.807, 2.05) is 54.9 Å². The second-order valence-corrected chi connectivity index (χ2v) is 6.66. The van der Waals surface area contributed by atoms with E-state index in [0.29, 0.717) is 25.7 Å². The molecule has 0 radical (unpaired) electrons. The summed E-state index contributed by atoms with van der Waals surface area (Å²) in [6, 6.07) is 9.85. The number of aliphatic hydroxyl groups is 1. The van der Waals surface area contributed by atoms with Gasteiger partial charge in [-0.2, -0.15) is 11.3 Å². The van der Waals surface area contributed by atoms with E-state index in [9.17, 15) is 5.11 Å². The van der Waals surface area contributed by atoms with E-state index >= 15 is 0 Å². The lowest BCUT2D eigenvalue weighted by Crippen LogP contribution is -2.44. The van der Waals surface area contributed by atoms with Crippen molar-refractivity contribution in [1.29, 1.82) is 0 Å². The molecule has 0 aliphatic heterocycles. The van der Waals surface area contributed by atoms with Gasteiger partial charge in [0.15, 0.2) is 5.96 Å². The second-order valence-electron chi connectivity index (χ2n) is 5.88.